The highest BCUT2D eigenvalue weighted by Gasteiger charge is 2.33. The van der Waals surface area contributed by atoms with Crippen LogP contribution < -0.4 is 4.90 Å². The van der Waals surface area contributed by atoms with Crippen molar-refractivity contribution < 1.29 is 9.53 Å². The molecule has 0 N–H and O–H groups in total. The van der Waals surface area contributed by atoms with Gasteiger partial charge < -0.3 is 4.74 Å². The summed E-state index contributed by atoms with van der Waals surface area (Å²) in [5.41, 5.74) is 1.29. The summed E-state index contributed by atoms with van der Waals surface area (Å²) in [6, 6.07) is 9.16. The van der Waals surface area contributed by atoms with Crippen molar-refractivity contribution in [3.8, 4) is 6.07 Å². The van der Waals surface area contributed by atoms with Gasteiger partial charge in [0.15, 0.2) is 0 Å². The molecule has 5 nitrogen and oxygen atoms in total. The minimum Gasteiger partial charge on any atom is -0.443 e. The van der Waals surface area contributed by atoms with E-state index in [2.05, 4.69) is 11.0 Å². The van der Waals surface area contributed by atoms with Crippen molar-refractivity contribution in [2.45, 2.75) is 18.9 Å². The van der Waals surface area contributed by atoms with Gasteiger partial charge in [-0.05, 0) is 44.1 Å². The molecule has 0 bridgehead atoms. The zero-order valence-electron chi connectivity index (χ0n) is 11.3. The van der Waals surface area contributed by atoms with Crippen LogP contribution in [0.4, 0.5) is 10.5 Å². The van der Waals surface area contributed by atoms with Gasteiger partial charge in [-0.3, -0.25) is 9.80 Å². The molecule has 5 heteroatoms. The molecule has 1 aromatic rings. The van der Waals surface area contributed by atoms with Crippen LogP contribution in [0.1, 0.15) is 18.4 Å². The Morgan fingerprint density at radius 3 is 2.90 bits per heavy atom. The third kappa shape index (κ3) is 2.61. The Hall–Kier alpha value is -2.06. The summed E-state index contributed by atoms with van der Waals surface area (Å²) < 4.78 is 5.43. The molecule has 1 unspecified atom stereocenters. The number of likely N-dealkylation sites (tertiary alicyclic amines) is 1. The van der Waals surface area contributed by atoms with Gasteiger partial charge in [0.1, 0.15) is 6.10 Å². The molecular weight excluding hydrogens is 254 g/mol. The number of carbonyl (C=O) groups excluding carboxylic acids is 1. The summed E-state index contributed by atoms with van der Waals surface area (Å²) in [5, 5.41) is 8.92. The van der Waals surface area contributed by atoms with E-state index in [1.165, 1.54) is 12.8 Å². The highest BCUT2D eigenvalue weighted by atomic mass is 16.6. The first kappa shape index (κ1) is 12.9. The smallest absolute Gasteiger partial charge is 0.414 e. The Bertz CT molecular complexity index is 546. The molecule has 0 radical (unpaired) electrons. The first-order chi connectivity index (χ1) is 9.76. The van der Waals surface area contributed by atoms with Gasteiger partial charge >= 0.3 is 6.09 Å². The quantitative estimate of drug-likeness (QED) is 0.843. The van der Waals surface area contributed by atoms with Crippen molar-refractivity contribution in [2.24, 2.45) is 0 Å². The number of cyclic esters (lactones) is 1. The average Bonchev–Trinajstić information content (AvgIpc) is 3.09. The maximum Gasteiger partial charge on any atom is 0.414 e. The normalized spacial score (nSPS) is 22.9. The average molecular weight is 271 g/mol. The monoisotopic (exact) mass is 271 g/mol. The van der Waals surface area contributed by atoms with Crippen molar-refractivity contribution in [3.05, 3.63) is 29.8 Å². The van der Waals surface area contributed by atoms with Gasteiger partial charge in [0.25, 0.3) is 0 Å². The fraction of sp³-hybridized carbons (Fsp3) is 0.467. The number of ether oxygens (including phenoxy) is 1. The second-order valence-electron chi connectivity index (χ2n) is 5.29. The van der Waals surface area contributed by atoms with E-state index in [0.717, 1.165) is 25.3 Å². The first-order valence-electron chi connectivity index (χ1n) is 6.97. The molecule has 2 fully saturated rings. The van der Waals surface area contributed by atoms with Crippen LogP contribution in [0.15, 0.2) is 24.3 Å². The lowest BCUT2D eigenvalue weighted by atomic mass is 10.2. The molecule has 1 aromatic carbocycles. The van der Waals surface area contributed by atoms with Gasteiger partial charge in [-0.15, -0.1) is 0 Å². The standard InChI is InChI=1S/C15H17N3O2/c16-9-12-4-3-5-13(8-12)18-11-14(20-15(18)19)10-17-6-1-2-7-17/h3-5,8,14H,1-2,6-7,10-11H2. The van der Waals surface area contributed by atoms with E-state index in [1.807, 2.05) is 6.07 Å². The number of hydrogen-bond donors (Lipinski definition) is 0. The Labute approximate surface area is 118 Å². The third-order valence-corrected chi connectivity index (χ3v) is 3.82. The molecule has 2 saturated heterocycles. The molecule has 2 aliphatic heterocycles. The second kappa shape index (κ2) is 5.51. The fourth-order valence-electron chi connectivity index (χ4n) is 2.82. The predicted molar refractivity (Wildman–Crippen MR) is 74.4 cm³/mol. The minimum absolute atomic E-state index is 0.0775. The van der Waals surface area contributed by atoms with Crippen molar-refractivity contribution in [1.82, 2.24) is 4.90 Å². The Balaban J connectivity index is 1.68. The van der Waals surface area contributed by atoms with Crippen LogP contribution in [0.25, 0.3) is 0 Å². The number of anilines is 1. The fourth-order valence-corrected chi connectivity index (χ4v) is 2.82. The maximum atomic E-state index is 12.0. The Kier molecular flexibility index (Phi) is 3.57. The summed E-state index contributed by atoms with van der Waals surface area (Å²) in [6.07, 6.45) is 2.07. The van der Waals surface area contributed by atoms with E-state index >= 15 is 0 Å². The number of nitriles is 1. The van der Waals surface area contributed by atoms with E-state index in [4.69, 9.17) is 10.00 Å². The maximum absolute atomic E-state index is 12.0. The van der Waals surface area contributed by atoms with Gasteiger partial charge in [0.05, 0.1) is 18.2 Å². The lowest BCUT2D eigenvalue weighted by Crippen LogP contribution is -2.33. The topological polar surface area (TPSA) is 56.6 Å². The zero-order valence-corrected chi connectivity index (χ0v) is 11.3. The molecule has 0 spiro atoms. The molecule has 0 saturated carbocycles. The van der Waals surface area contributed by atoms with Gasteiger partial charge in [-0.25, -0.2) is 4.79 Å². The summed E-state index contributed by atoms with van der Waals surface area (Å²) in [5.74, 6) is 0. The molecule has 20 heavy (non-hydrogen) atoms. The highest BCUT2D eigenvalue weighted by Crippen LogP contribution is 2.23. The first-order valence-corrected chi connectivity index (χ1v) is 6.97. The second-order valence-corrected chi connectivity index (χ2v) is 5.29. The van der Waals surface area contributed by atoms with Gasteiger partial charge in [0.2, 0.25) is 0 Å². The Morgan fingerprint density at radius 1 is 1.35 bits per heavy atom. The lowest BCUT2D eigenvalue weighted by Gasteiger charge is -2.18. The summed E-state index contributed by atoms with van der Waals surface area (Å²) in [7, 11) is 0. The molecule has 104 valence electrons. The van der Waals surface area contributed by atoms with Gasteiger partial charge in [-0.1, -0.05) is 6.07 Å². The largest absolute Gasteiger partial charge is 0.443 e. The van der Waals surface area contributed by atoms with Crippen LogP contribution in [0.2, 0.25) is 0 Å². The number of amides is 1. The van der Waals surface area contributed by atoms with E-state index in [1.54, 1.807) is 23.1 Å². The molecule has 3 rings (SSSR count). The zero-order chi connectivity index (χ0) is 13.9. The third-order valence-electron chi connectivity index (χ3n) is 3.82. The molecule has 1 amide bonds. The van der Waals surface area contributed by atoms with Crippen LogP contribution in [-0.2, 0) is 4.74 Å². The molecule has 1 atom stereocenters. The van der Waals surface area contributed by atoms with Gasteiger partial charge in [-0.2, -0.15) is 5.26 Å². The number of rotatable bonds is 3. The van der Waals surface area contributed by atoms with Gasteiger partial charge in [0, 0.05) is 12.2 Å². The minimum atomic E-state index is -0.315. The number of hydrogen-bond acceptors (Lipinski definition) is 4. The van der Waals surface area contributed by atoms with Crippen LogP contribution in [0, 0.1) is 11.3 Å². The van der Waals surface area contributed by atoms with E-state index in [9.17, 15) is 4.79 Å². The predicted octanol–water partition coefficient (Wildman–Crippen LogP) is 1.98. The van der Waals surface area contributed by atoms with Crippen molar-refractivity contribution in [1.29, 1.82) is 5.26 Å². The SMILES string of the molecule is N#Cc1cccc(N2CC(CN3CCCC3)OC2=O)c1. The van der Waals surface area contributed by atoms with E-state index < -0.39 is 0 Å². The lowest BCUT2D eigenvalue weighted by molar-refractivity contribution is 0.116. The summed E-state index contributed by atoms with van der Waals surface area (Å²) >= 11 is 0. The van der Waals surface area contributed by atoms with Crippen molar-refractivity contribution >= 4 is 11.8 Å². The molecule has 0 aliphatic carbocycles. The van der Waals surface area contributed by atoms with E-state index in [0.29, 0.717) is 12.1 Å². The van der Waals surface area contributed by atoms with Crippen molar-refractivity contribution in [3.63, 3.8) is 0 Å². The van der Waals surface area contributed by atoms with Crippen LogP contribution in [0.3, 0.4) is 0 Å². The highest BCUT2D eigenvalue weighted by molar-refractivity contribution is 5.89. The van der Waals surface area contributed by atoms with Crippen LogP contribution in [0.5, 0.6) is 0 Å². The van der Waals surface area contributed by atoms with Crippen LogP contribution in [-0.4, -0.2) is 43.3 Å². The number of benzene rings is 1. The van der Waals surface area contributed by atoms with Crippen LogP contribution >= 0.6 is 0 Å². The molecule has 0 aromatic heterocycles. The number of nitrogens with zero attached hydrogens (tertiary/aromatic N) is 3. The van der Waals surface area contributed by atoms with E-state index in [-0.39, 0.29) is 12.2 Å². The summed E-state index contributed by atoms with van der Waals surface area (Å²) in [4.78, 5) is 15.9. The Morgan fingerprint density at radius 2 is 2.15 bits per heavy atom. The molecule has 2 heterocycles. The molecular formula is C15H17N3O2. The summed E-state index contributed by atoms with van der Waals surface area (Å²) in [6.45, 7) is 3.56. The molecule has 2 aliphatic rings. The number of carbonyl (C=O) groups is 1. The van der Waals surface area contributed by atoms with Crippen molar-refractivity contribution in [2.75, 3.05) is 31.1 Å².